The Kier molecular flexibility index (Phi) is 1.19. The second-order valence-corrected chi connectivity index (χ2v) is 3.64. The van der Waals surface area contributed by atoms with E-state index in [2.05, 4.69) is 24.1 Å². The van der Waals surface area contributed by atoms with E-state index in [1.807, 2.05) is 6.21 Å². The lowest BCUT2D eigenvalue weighted by Gasteiger charge is -2.16. The van der Waals surface area contributed by atoms with Gasteiger partial charge in [0.05, 0.1) is 5.54 Å². The quantitative estimate of drug-likeness (QED) is 0.550. The Morgan fingerprint density at radius 2 is 2.40 bits per heavy atom. The van der Waals surface area contributed by atoms with E-state index in [-0.39, 0.29) is 5.54 Å². The van der Waals surface area contributed by atoms with E-state index in [0.29, 0.717) is 0 Å². The Bertz CT molecular complexity index is 175. The first-order chi connectivity index (χ1) is 4.79. The minimum absolute atomic E-state index is 0.168. The van der Waals surface area contributed by atoms with Crippen molar-refractivity contribution in [2.24, 2.45) is 10.9 Å². The smallest absolute Gasteiger partial charge is 0.0765 e. The zero-order chi connectivity index (χ0) is 7.03. The third kappa shape index (κ3) is 1.13. The predicted molar refractivity (Wildman–Crippen MR) is 43.4 cm³/mol. The van der Waals surface area contributed by atoms with E-state index >= 15 is 0 Å². The molecule has 1 saturated carbocycles. The second kappa shape index (κ2) is 1.94. The molecule has 0 radical (unpaired) electrons. The van der Waals surface area contributed by atoms with Crippen LogP contribution in [0.15, 0.2) is 17.1 Å². The molecule has 54 valence electrons. The molecule has 2 rings (SSSR count). The maximum atomic E-state index is 4.41. The number of hydrogen-bond donors (Lipinski definition) is 0. The van der Waals surface area contributed by atoms with Gasteiger partial charge in [0.1, 0.15) is 0 Å². The molecule has 0 aromatic rings. The molecular weight excluding hydrogens is 122 g/mol. The molecule has 0 amide bonds. The van der Waals surface area contributed by atoms with Crippen LogP contribution >= 0.6 is 0 Å². The van der Waals surface area contributed by atoms with E-state index in [1.165, 1.54) is 19.3 Å². The molecule has 1 aliphatic heterocycles. The van der Waals surface area contributed by atoms with Crippen molar-refractivity contribution in [3.63, 3.8) is 0 Å². The Morgan fingerprint density at radius 3 is 2.90 bits per heavy atom. The van der Waals surface area contributed by atoms with Gasteiger partial charge in [0, 0.05) is 6.21 Å². The summed E-state index contributed by atoms with van der Waals surface area (Å²) in [6.07, 6.45) is 10.3. The Hall–Kier alpha value is -0.590. The van der Waals surface area contributed by atoms with Crippen LogP contribution in [0.25, 0.3) is 0 Å². The molecule has 10 heavy (non-hydrogen) atoms. The van der Waals surface area contributed by atoms with Crippen molar-refractivity contribution < 1.29 is 0 Å². The van der Waals surface area contributed by atoms with Gasteiger partial charge < -0.3 is 0 Å². The lowest BCUT2D eigenvalue weighted by Crippen LogP contribution is -2.16. The second-order valence-electron chi connectivity index (χ2n) is 3.64. The molecule has 0 bridgehead atoms. The highest BCUT2D eigenvalue weighted by atomic mass is 14.8. The van der Waals surface area contributed by atoms with Crippen molar-refractivity contribution in [1.82, 2.24) is 0 Å². The van der Waals surface area contributed by atoms with E-state index in [0.717, 1.165) is 5.92 Å². The lowest BCUT2D eigenvalue weighted by molar-refractivity contribution is 0.507. The molecule has 1 fully saturated rings. The highest BCUT2D eigenvalue weighted by Gasteiger charge is 2.31. The molecule has 1 atom stereocenters. The fourth-order valence-corrected chi connectivity index (χ4v) is 1.53. The highest BCUT2D eigenvalue weighted by molar-refractivity contribution is 5.75. The normalized spacial score (nSPS) is 37.3. The fraction of sp³-hybridized carbons (Fsp3) is 0.667. The third-order valence-corrected chi connectivity index (χ3v) is 2.31. The summed E-state index contributed by atoms with van der Waals surface area (Å²) >= 11 is 0. The van der Waals surface area contributed by atoms with Crippen LogP contribution in [-0.4, -0.2) is 11.8 Å². The first-order valence-corrected chi connectivity index (χ1v) is 4.02. The minimum Gasteiger partial charge on any atom is -0.283 e. The van der Waals surface area contributed by atoms with Crippen molar-refractivity contribution in [2.45, 2.75) is 31.7 Å². The van der Waals surface area contributed by atoms with Crippen molar-refractivity contribution in [2.75, 3.05) is 0 Å². The van der Waals surface area contributed by atoms with Crippen molar-refractivity contribution in [1.29, 1.82) is 0 Å². The number of rotatable bonds is 2. The van der Waals surface area contributed by atoms with Crippen LogP contribution in [0.2, 0.25) is 0 Å². The Balaban J connectivity index is 1.99. The molecule has 1 unspecified atom stereocenters. The standard InChI is InChI=1S/C9H13N/c1-9(5-2-6-10-9)7-8-3-4-8/h2,5-6,8H,3-4,7H2,1H3. The van der Waals surface area contributed by atoms with E-state index in [9.17, 15) is 0 Å². The topological polar surface area (TPSA) is 12.4 Å². The summed E-state index contributed by atoms with van der Waals surface area (Å²) in [5.41, 5.74) is 0.168. The molecular formula is C9H13N. The van der Waals surface area contributed by atoms with Gasteiger partial charge in [-0.25, -0.2) is 0 Å². The van der Waals surface area contributed by atoms with Gasteiger partial charge in [-0.1, -0.05) is 18.9 Å². The van der Waals surface area contributed by atoms with E-state index < -0.39 is 0 Å². The molecule has 0 saturated heterocycles. The first kappa shape index (κ1) is 6.14. The SMILES string of the molecule is CC1(CC2CC2)C=CC=N1. The zero-order valence-electron chi connectivity index (χ0n) is 6.38. The van der Waals surface area contributed by atoms with Crippen molar-refractivity contribution >= 4 is 6.21 Å². The number of allylic oxidation sites excluding steroid dienone is 1. The number of aliphatic imine (C=N–C) groups is 1. The van der Waals surface area contributed by atoms with Gasteiger partial charge in [-0.2, -0.15) is 0 Å². The van der Waals surface area contributed by atoms with Crippen LogP contribution in [0.4, 0.5) is 0 Å². The van der Waals surface area contributed by atoms with Gasteiger partial charge >= 0.3 is 0 Å². The maximum Gasteiger partial charge on any atom is 0.0765 e. The average molecular weight is 135 g/mol. The number of hydrogen-bond acceptors (Lipinski definition) is 1. The summed E-state index contributed by atoms with van der Waals surface area (Å²) < 4.78 is 0. The molecule has 0 N–H and O–H groups in total. The summed E-state index contributed by atoms with van der Waals surface area (Å²) in [5.74, 6) is 0.977. The van der Waals surface area contributed by atoms with Gasteiger partial charge in [0.2, 0.25) is 0 Å². The highest BCUT2D eigenvalue weighted by Crippen LogP contribution is 2.39. The van der Waals surface area contributed by atoms with Crippen LogP contribution in [-0.2, 0) is 0 Å². The molecule has 0 spiro atoms. The largest absolute Gasteiger partial charge is 0.283 e. The number of nitrogens with zero attached hydrogens (tertiary/aromatic N) is 1. The van der Waals surface area contributed by atoms with Gasteiger partial charge in [-0.15, -0.1) is 0 Å². The molecule has 1 nitrogen and oxygen atoms in total. The van der Waals surface area contributed by atoms with Crippen LogP contribution < -0.4 is 0 Å². The molecule has 1 aliphatic carbocycles. The maximum absolute atomic E-state index is 4.41. The van der Waals surface area contributed by atoms with Crippen LogP contribution in [0, 0.1) is 5.92 Å². The fourth-order valence-electron chi connectivity index (χ4n) is 1.53. The summed E-state index contributed by atoms with van der Waals surface area (Å²) in [5, 5.41) is 0. The van der Waals surface area contributed by atoms with Crippen LogP contribution in [0.3, 0.4) is 0 Å². The molecule has 2 aliphatic rings. The lowest BCUT2D eigenvalue weighted by atomic mass is 9.97. The van der Waals surface area contributed by atoms with Gasteiger partial charge in [-0.05, 0) is 25.3 Å². The molecule has 1 heterocycles. The van der Waals surface area contributed by atoms with Crippen LogP contribution in [0.5, 0.6) is 0 Å². The Morgan fingerprint density at radius 1 is 1.60 bits per heavy atom. The molecule has 0 aromatic carbocycles. The molecule has 0 aromatic heterocycles. The summed E-state index contributed by atoms with van der Waals surface area (Å²) in [7, 11) is 0. The van der Waals surface area contributed by atoms with Gasteiger partial charge in [0.25, 0.3) is 0 Å². The van der Waals surface area contributed by atoms with E-state index in [1.54, 1.807) is 0 Å². The summed E-state index contributed by atoms with van der Waals surface area (Å²) in [4.78, 5) is 4.41. The average Bonchev–Trinajstić information content (AvgIpc) is 2.56. The summed E-state index contributed by atoms with van der Waals surface area (Å²) in [6, 6.07) is 0. The third-order valence-electron chi connectivity index (χ3n) is 2.31. The first-order valence-electron chi connectivity index (χ1n) is 4.02. The predicted octanol–water partition coefficient (Wildman–Crippen LogP) is 2.19. The van der Waals surface area contributed by atoms with Gasteiger partial charge in [-0.3, -0.25) is 4.99 Å². The summed E-state index contributed by atoms with van der Waals surface area (Å²) in [6.45, 7) is 2.21. The van der Waals surface area contributed by atoms with Crippen molar-refractivity contribution in [3.05, 3.63) is 12.2 Å². The Labute approximate surface area is 61.9 Å². The molecule has 1 heteroatoms. The van der Waals surface area contributed by atoms with Gasteiger partial charge in [0.15, 0.2) is 0 Å². The van der Waals surface area contributed by atoms with E-state index in [4.69, 9.17) is 0 Å². The monoisotopic (exact) mass is 135 g/mol. The van der Waals surface area contributed by atoms with Crippen LogP contribution in [0.1, 0.15) is 26.2 Å². The van der Waals surface area contributed by atoms with Crippen molar-refractivity contribution in [3.8, 4) is 0 Å². The zero-order valence-corrected chi connectivity index (χ0v) is 6.38. The minimum atomic E-state index is 0.168.